The second kappa shape index (κ2) is 4.90. The minimum absolute atomic E-state index is 0.0879. The van der Waals surface area contributed by atoms with Crippen LogP contribution in [0.1, 0.15) is 17.4 Å². The summed E-state index contributed by atoms with van der Waals surface area (Å²) in [7, 11) is 0. The number of hydrogen-bond acceptors (Lipinski definition) is 4. The Labute approximate surface area is 126 Å². The Morgan fingerprint density at radius 1 is 1.10 bits per heavy atom. The number of benzene rings is 2. The molecule has 0 amide bonds. The Hall–Kier alpha value is -2.33. The van der Waals surface area contributed by atoms with Gasteiger partial charge in [-0.15, -0.1) is 0 Å². The van der Waals surface area contributed by atoms with Gasteiger partial charge in [-0.3, -0.25) is 0 Å². The summed E-state index contributed by atoms with van der Waals surface area (Å²) in [6, 6.07) is 15.7. The third kappa shape index (κ3) is 2.08. The number of halogens is 1. The predicted octanol–water partition coefficient (Wildman–Crippen LogP) is 3.95. The van der Waals surface area contributed by atoms with E-state index in [4.69, 9.17) is 16.1 Å². The largest absolute Gasteiger partial charge is 0.384 e. The maximum absolute atomic E-state index is 6.17. The molecule has 0 saturated carbocycles. The van der Waals surface area contributed by atoms with Crippen LogP contribution >= 0.6 is 11.6 Å². The molecule has 0 bridgehead atoms. The Morgan fingerprint density at radius 2 is 1.90 bits per heavy atom. The Kier molecular flexibility index (Phi) is 2.89. The monoisotopic (exact) mass is 297 g/mol. The van der Waals surface area contributed by atoms with Gasteiger partial charge in [0.1, 0.15) is 0 Å². The van der Waals surface area contributed by atoms with E-state index < -0.39 is 0 Å². The number of nitrogens with one attached hydrogen (secondary N) is 1. The number of anilines is 1. The molecular weight excluding hydrogens is 286 g/mol. The van der Waals surface area contributed by atoms with E-state index in [0.29, 0.717) is 16.7 Å². The molecule has 1 aromatic heterocycles. The van der Waals surface area contributed by atoms with E-state index in [2.05, 4.69) is 27.6 Å². The van der Waals surface area contributed by atoms with Gasteiger partial charge in [0.2, 0.25) is 11.7 Å². The van der Waals surface area contributed by atoms with Crippen molar-refractivity contribution < 1.29 is 4.52 Å². The number of aromatic nitrogens is 2. The lowest BCUT2D eigenvalue weighted by Gasteiger charge is -2.03. The predicted molar refractivity (Wildman–Crippen MR) is 81.5 cm³/mol. The standard InChI is InChI=1S/C16H12ClN3O/c17-13-7-3-1-6-11(13)15-19-16(21-20-15)12-9-18-14-8-4-2-5-10(12)14/h1-8,12,18H,9H2. The summed E-state index contributed by atoms with van der Waals surface area (Å²) < 4.78 is 5.46. The van der Waals surface area contributed by atoms with Crippen molar-refractivity contribution in [3.05, 3.63) is 65.0 Å². The molecule has 1 atom stereocenters. The van der Waals surface area contributed by atoms with Crippen molar-refractivity contribution >= 4 is 17.3 Å². The van der Waals surface area contributed by atoms with Gasteiger partial charge in [-0.1, -0.05) is 47.1 Å². The van der Waals surface area contributed by atoms with Gasteiger partial charge in [0, 0.05) is 17.8 Å². The van der Waals surface area contributed by atoms with Crippen molar-refractivity contribution in [2.45, 2.75) is 5.92 Å². The first-order valence-electron chi connectivity index (χ1n) is 6.74. The van der Waals surface area contributed by atoms with Gasteiger partial charge < -0.3 is 9.84 Å². The molecule has 0 radical (unpaired) electrons. The summed E-state index contributed by atoms with van der Waals surface area (Å²) in [5, 5.41) is 8.04. The highest BCUT2D eigenvalue weighted by Gasteiger charge is 2.28. The maximum Gasteiger partial charge on any atom is 0.236 e. The zero-order valence-corrected chi connectivity index (χ0v) is 11.8. The van der Waals surface area contributed by atoms with Crippen molar-refractivity contribution in [2.75, 3.05) is 11.9 Å². The van der Waals surface area contributed by atoms with Crippen molar-refractivity contribution in [1.82, 2.24) is 10.1 Å². The van der Waals surface area contributed by atoms with Crippen molar-refractivity contribution in [2.24, 2.45) is 0 Å². The average Bonchev–Trinajstić information content (AvgIpc) is 3.14. The van der Waals surface area contributed by atoms with Gasteiger partial charge in [-0.25, -0.2) is 0 Å². The molecule has 104 valence electrons. The van der Waals surface area contributed by atoms with E-state index in [1.807, 2.05) is 36.4 Å². The van der Waals surface area contributed by atoms with Crippen LogP contribution in [-0.4, -0.2) is 16.7 Å². The highest BCUT2D eigenvalue weighted by atomic mass is 35.5. The summed E-state index contributed by atoms with van der Waals surface area (Å²) in [6.07, 6.45) is 0. The van der Waals surface area contributed by atoms with Crippen LogP contribution in [0.3, 0.4) is 0 Å². The van der Waals surface area contributed by atoms with Crippen LogP contribution in [0, 0.1) is 0 Å². The Balaban J connectivity index is 1.72. The first-order chi connectivity index (χ1) is 10.3. The molecule has 1 aliphatic rings. The molecule has 0 aliphatic carbocycles. The van der Waals surface area contributed by atoms with E-state index in [9.17, 15) is 0 Å². The molecule has 0 fully saturated rings. The van der Waals surface area contributed by atoms with Crippen molar-refractivity contribution in [1.29, 1.82) is 0 Å². The van der Waals surface area contributed by atoms with Crippen LogP contribution in [0.25, 0.3) is 11.4 Å². The summed E-state index contributed by atoms with van der Waals surface area (Å²) in [6.45, 7) is 0.767. The molecule has 2 heterocycles. The van der Waals surface area contributed by atoms with E-state index in [-0.39, 0.29) is 5.92 Å². The van der Waals surface area contributed by atoms with Crippen LogP contribution in [0.5, 0.6) is 0 Å². The van der Waals surface area contributed by atoms with Gasteiger partial charge in [0.25, 0.3) is 0 Å². The molecule has 4 rings (SSSR count). The molecule has 1 aliphatic heterocycles. The molecule has 2 aromatic carbocycles. The smallest absolute Gasteiger partial charge is 0.236 e. The van der Waals surface area contributed by atoms with E-state index in [1.54, 1.807) is 0 Å². The van der Waals surface area contributed by atoms with Gasteiger partial charge >= 0.3 is 0 Å². The van der Waals surface area contributed by atoms with Crippen LogP contribution in [-0.2, 0) is 0 Å². The quantitative estimate of drug-likeness (QED) is 0.778. The average molecular weight is 298 g/mol. The summed E-state index contributed by atoms with van der Waals surface area (Å²) in [4.78, 5) is 4.52. The van der Waals surface area contributed by atoms with Crippen molar-refractivity contribution in [3.8, 4) is 11.4 Å². The minimum atomic E-state index is 0.0879. The summed E-state index contributed by atoms with van der Waals surface area (Å²) in [5.74, 6) is 1.23. The highest BCUT2D eigenvalue weighted by molar-refractivity contribution is 6.33. The van der Waals surface area contributed by atoms with E-state index in [0.717, 1.165) is 17.8 Å². The third-order valence-electron chi connectivity index (χ3n) is 3.69. The SMILES string of the molecule is Clc1ccccc1-c1noc(C2CNc3ccccc32)n1. The number of rotatable bonds is 2. The minimum Gasteiger partial charge on any atom is -0.384 e. The van der Waals surface area contributed by atoms with Crippen LogP contribution in [0.2, 0.25) is 5.02 Å². The molecule has 1 unspecified atom stereocenters. The number of para-hydroxylation sites is 1. The van der Waals surface area contributed by atoms with Gasteiger partial charge in [0.05, 0.1) is 10.9 Å². The normalized spacial score (nSPS) is 16.5. The Morgan fingerprint density at radius 3 is 2.81 bits per heavy atom. The first-order valence-corrected chi connectivity index (χ1v) is 7.12. The maximum atomic E-state index is 6.17. The second-order valence-corrected chi connectivity index (χ2v) is 5.36. The lowest BCUT2D eigenvalue weighted by Crippen LogP contribution is -2.04. The zero-order chi connectivity index (χ0) is 14.2. The zero-order valence-electron chi connectivity index (χ0n) is 11.1. The summed E-state index contributed by atoms with van der Waals surface area (Å²) in [5.41, 5.74) is 3.10. The van der Waals surface area contributed by atoms with Crippen molar-refractivity contribution in [3.63, 3.8) is 0 Å². The fraction of sp³-hybridized carbons (Fsp3) is 0.125. The first kappa shape index (κ1) is 12.4. The van der Waals surface area contributed by atoms with Crippen LogP contribution < -0.4 is 5.32 Å². The molecule has 21 heavy (non-hydrogen) atoms. The lowest BCUT2D eigenvalue weighted by atomic mass is 10.0. The topological polar surface area (TPSA) is 51.0 Å². The molecule has 0 saturated heterocycles. The number of nitrogens with zero attached hydrogens (tertiary/aromatic N) is 2. The summed E-state index contributed by atoms with van der Waals surface area (Å²) >= 11 is 6.17. The molecule has 5 heteroatoms. The molecule has 3 aromatic rings. The lowest BCUT2D eigenvalue weighted by molar-refractivity contribution is 0.371. The molecule has 1 N–H and O–H groups in total. The fourth-order valence-corrected chi connectivity index (χ4v) is 2.85. The van der Waals surface area contributed by atoms with E-state index in [1.165, 1.54) is 5.56 Å². The van der Waals surface area contributed by atoms with E-state index >= 15 is 0 Å². The third-order valence-corrected chi connectivity index (χ3v) is 4.02. The van der Waals surface area contributed by atoms with Crippen LogP contribution in [0.15, 0.2) is 53.1 Å². The molecule has 4 nitrogen and oxygen atoms in total. The molecular formula is C16H12ClN3O. The second-order valence-electron chi connectivity index (χ2n) is 4.96. The van der Waals surface area contributed by atoms with Gasteiger partial charge in [0.15, 0.2) is 0 Å². The molecule has 0 spiro atoms. The Bertz CT molecular complexity index is 799. The van der Waals surface area contributed by atoms with Gasteiger partial charge in [-0.05, 0) is 23.8 Å². The highest BCUT2D eigenvalue weighted by Crippen LogP contribution is 2.36. The fourth-order valence-electron chi connectivity index (χ4n) is 2.63. The number of fused-ring (bicyclic) bond motifs is 1. The van der Waals surface area contributed by atoms with Crippen LogP contribution in [0.4, 0.5) is 5.69 Å². The number of hydrogen-bond donors (Lipinski definition) is 1. The van der Waals surface area contributed by atoms with Gasteiger partial charge in [-0.2, -0.15) is 4.98 Å².